The lowest BCUT2D eigenvalue weighted by Gasteiger charge is -2.13. The Labute approximate surface area is 111 Å². The molecule has 4 heteroatoms. The molecule has 19 heavy (non-hydrogen) atoms. The Balaban J connectivity index is 2.09. The fourth-order valence-electron chi connectivity index (χ4n) is 1.76. The van der Waals surface area contributed by atoms with Gasteiger partial charge in [-0.3, -0.25) is 4.79 Å². The van der Waals surface area contributed by atoms with E-state index in [9.17, 15) is 9.18 Å². The van der Waals surface area contributed by atoms with Crippen molar-refractivity contribution >= 4 is 17.3 Å². The zero-order chi connectivity index (χ0) is 13.8. The highest BCUT2D eigenvalue weighted by molar-refractivity contribution is 5.95. The first-order valence-corrected chi connectivity index (χ1v) is 5.98. The van der Waals surface area contributed by atoms with Crippen LogP contribution in [-0.2, 0) is 4.79 Å². The van der Waals surface area contributed by atoms with Gasteiger partial charge < -0.3 is 11.1 Å². The Morgan fingerprint density at radius 2 is 1.89 bits per heavy atom. The molecule has 2 aromatic rings. The van der Waals surface area contributed by atoms with Crippen molar-refractivity contribution in [1.82, 2.24) is 0 Å². The molecule has 0 aliphatic heterocycles. The molecule has 0 radical (unpaired) electrons. The van der Waals surface area contributed by atoms with E-state index in [1.165, 1.54) is 24.3 Å². The van der Waals surface area contributed by atoms with Crippen LogP contribution >= 0.6 is 0 Å². The van der Waals surface area contributed by atoms with E-state index in [4.69, 9.17) is 5.73 Å². The molecule has 0 heterocycles. The number of halogens is 1. The maximum absolute atomic E-state index is 12.8. The second-order valence-electron chi connectivity index (χ2n) is 4.39. The smallest absolute Gasteiger partial charge is 0.231 e. The molecule has 0 aromatic heterocycles. The van der Waals surface area contributed by atoms with Gasteiger partial charge in [0.1, 0.15) is 5.82 Å². The van der Waals surface area contributed by atoms with Gasteiger partial charge in [0.05, 0.1) is 5.92 Å². The molecule has 98 valence electrons. The summed E-state index contributed by atoms with van der Waals surface area (Å²) in [6.45, 7) is 1.80. The number of nitrogen functional groups attached to an aromatic ring is 1. The molecule has 0 aliphatic rings. The summed E-state index contributed by atoms with van der Waals surface area (Å²) in [5.41, 5.74) is 7.73. The summed E-state index contributed by atoms with van der Waals surface area (Å²) >= 11 is 0. The van der Waals surface area contributed by atoms with E-state index in [0.29, 0.717) is 11.4 Å². The summed E-state index contributed by atoms with van der Waals surface area (Å²) in [6.07, 6.45) is 0. The minimum atomic E-state index is -0.332. The summed E-state index contributed by atoms with van der Waals surface area (Å²) in [5.74, 6) is -0.812. The van der Waals surface area contributed by atoms with E-state index < -0.39 is 0 Å². The highest BCUT2D eigenvalue weighted by Gasteiger charge is 2.15. The molecule has 2 aromatic carbocycles. The molecule has 1 amide bonds. The first-order chi connectivity index (χ1) is 9.06. The van der Waals surface area contributed by atoms with Crippen LogP contribution in [0.25, 0.3) is 0 Å². The maximum Gasteiger partial charge on any atom is 0.231 e. The SMILES string of the molecule is CC(C(=O)Nc1ccc(F)cc1)c1cccc(N)c1. The number of amides is 1. The molecular weight excluding hydrogens is 243 g/mol. The molecule has 3 N–H and O–H groups in total. The number of nitrogens with one attached hydrogen (secondary N) is 1. The lowest BCUT2D eigenvalue weighted by atomic mass is 10.00. The summed E-state index contributed by atoms with van der Waals surface area (Å²) in [4.78, 5) is 12.1. The van der Waals surface area contributed by atoms with E-state index in [-0.39, 0.29) is 17.6 Å². The van der Waals surface area contributed by atoms with Crippen molar-refractivity contribution in [1.29, 1.82) is 0 Å². The highest BCUT2D eigenvalue weighted by atomic mass is 19.1. The largest absolute Gasteiger partial charge is 0.399 e. The minimum absolute atomic E-state index is 0.155. The van der Waals surface area contributed by atoms with E-state index in [2.05, 4.69) is 5.32 Å². The number of anilines is 2. The van der Waals surface area contributed by atoms with Gasteiger partial charge in [0, 0.05) is 11.4 Å². The second-order valence-corrected chi connectivity index (χ2v) is 4.39. The van der Waals surface area contributed by atoms with Crippen LogP contribution in [0.2, 0.25) is 0 Å². The first-order valence-electron chi connectivity index (χ1n) is 5.98. The van der Waals surface area contributed by atoms with Crippen LogP contribution in [0.1, 0.15) is 18.4 Å². The summed E-state index contributed by atoms with van der Waals surface area (Å²) in [5, 5.41) is 2.74. The highest BCUT2D eigenvalue weighted by Crippen LogP contribution is 2.20. The lowest BCUT2D eigenvalue weighted by molar-refractivity contribution is -0.117. The van der Waals surface area contributed by atoms with Crippen molar-refractivity contribution in [2.45, 2.75) is 12.8 Å². The fourth-order valence-corrected chi connectivity index (χ4v) is 1.76. The van der Waals surface area contributed by atoms with Crippen LogP contribution in [-0.4, -0.2) is 5.91 Å². The Morgan fingerprint density at radius 1 is 1.21 bits per heavy atom. The normalized spacial score (nSPS) is 11.9. The Kier molecular flexibility index (Phi) is 3.80. The standard InChI is InChI=1S/C15H15FN2O/c1-10(11-3-2-4-13(17)9-11)15(19)18-14-7-5-12(16)6-8-14/h2-10H,17H2,1H3,(H,18,19). The topological polar surface area (TPSA) is 55.1 Å². The van der Waals surface area contributed by atoms with Gasteiger partial charge in [-0.2, -0.15) is 0 Å². The Hall–Kier alpha value is -2.36. The minimum Gasteiger partial charge on any atom is -0.399 e. The Morgan fingerprint density at radius 3 is 2.53 bits per heavy atom. The molecule has 0 aliphatic carbocycles. The third-order valence-corrected chi connectivity index (χ3v) is 2.92. The van der Waals surface area contributed by atoms with Gasteiger partial charge in [-0.25, -0.2) is 4.39 Å². The predicted molar refractivity (Wildman–Crippen MR) is 74.3 cm³/mol. The predicted octanol–water partition coefficient (Wildman–Crippen LogP) is 3.15. The number of benzene rings is 2. The lowest BCUT2D eigenvalue weighted by Crippen LogP contribution is -2.18. The molecule has 0 fully saturated rings. The van der Waals surface area contributed by atoms with Gasteiger partial charge in [-0.1, -0.05) is 12.1 Å². The summed E-state index contributed by atoms with van der Waals surface area (Å²) in [6, 6.07) is 12.9. The van der Waals surface area contributed by atoms with Crippen LogP contribution in [0.4, 0.5) is 15.8 Å². The van der Waals surface area contributed by atoms with Crippen LogP contribution < -0.4 is 11.1 Å². The van der Waals surface area contributed by atoms with Crippen molar-refractivity contribution in [3.63, 3.8) is 0 Å². The van der Waals surface area contributed by atoms with Gasteiger partial charge in [-0.05, 0) is 48.9 Å². The van der Waals surface area contributed by atoms with Crippen LogP contribution in [0.15, 0.2) is 48.5 Å². The molecule has 2 rings (SSSR count). The van der Waals surface area contributed by atoms with E-state index in [1.54, 1.807) is 19.1 Å². The van der Waals surface area contributed by atoms with Crippen molar-refractivity contribution < 1.29 is 9.18 Å². The third kappa shape index (κ3) is 3.31. The van der Waals surface area contributed by atoms with E-state index >= 15 is 0 Å². The number of rotatable bonds is 3. The quantitative estimate of drug-likeness (QED) is 0.831. The molecule has 3 nitrogen and oxygen atoms in total. The Bertz CT molecular complexity index is 581. The summed E-state index contributed by atoms with van der Waals surface area (Å²) in [7, 11) is 0. The monoisotopic (exact) mass is 258 g/mol. The summed E-state index contributed by atoms with van der Waals surface area (Å²) < 4.78 is 12.8. The fraction of sp³-hybridized carbons (Fsp3) is 0.133. The van der Waals surface area contributed by atoms with Gasteiger partial charge in [-0.15, -0.1) is 0 Å². The van der Waals surface area contributed by atoms with Crippen molar-refractivity contribution in [3.05, 3.63) is 59.9 Å². The molecule has 1 unspecified atom stereocenters. The number of hydrogen-bond donors (Lipinski definition) is 2. The van der Waals surface area contributed by atoms with Crippen LogP contribution in [0, 0.1) is 5.82 Å². The van der Waals surface area contributed by atoms with Crippen molar-refractivity contribution in [2.24, 2.45) is 0 Å². The molecule has 0 bridgehead atoms. The van der Waals surface area contributed by atoms with Gasteiger partial charge in [0.25, 0.3) is 0 Å². The van der Waals surface area contributed by atoms with Gasteiger partial charge in [0.2, 0.25) is 5.91 Å². The van der Waals surface area contributed by atoms with E-state index in [1.807, 2.05) is 12.1 Å². The molecular formula is C15H15FN2O. The number of nitrogens with two attached hydrogens (primary N) is 1. The number of hydrogen-bond acceptors (Lipinski definition) is 2. The molecule has 1 atom stereocenters. The van der Waals surface area contributed by atoms with E-state index in [0.717, 1.165) is 5.56 Å². The van der Waals surface area contributed by atoms with Crippen molar-refractivity contribution in [2.75, 3.05) is 11.1 Å². The molecule has 0 saturated carbocycles. The molecule has 0 spiro atoms. The zero-order valence-electron chi connectivity index (χ0n) is 10.6. The van der Waals surface area contributed by atoms with Crippen LogP contribution in [0.5, 0.6) is 0 Å². The van der Waals surface area contributed by atoms with Crippen LogP contribution in [0.3, 0.4) is 0 Å². The first kappa shape index (κ1) is 13.1. The number of carbonyl (C=O) groups is 1. The number of carbonyl (C=O) groups excluding carboxylic acids is 1. The molecule has 0 saturated heterocycles. The average molecular weight is 258 g/mol. The third-order valence-electron chi connectivity index (χ3n) is 2.92. The average Bonchev–Trinajstić information content (AvgIpc) is 2.40. The van der Waals surface area contributed by atoms with Gasteiger partial charge >= 0.3 is 0 Å². The maximum atomic E-state index is 12.8. The van der Waals surface area contributed by atoms with Crippen molar-refractivity contribution in [3.8, 4) is 0 Å². The van der Waals surface area contributed by atoms with Gasteiger partial charge in [0.15, 0.2) is 0 Å². The zero-order valence-corrected chi connectivity index (χ0v) is 10.6. The second kappa shape index (κ2) is 5.52.